The van der Waals surface area contributed by atoms with Gasteiger partial charge >= 0.3 is 60.6 Å². The molecule has 3 aromatic carbocycles. The first kappa shape index (κ1) is 74.0. The third-order valence-corrected chi connectivity index (χ3v) is 10.6. The van der Waals surface area contributed by atoms with Crippen molar-refractivity contribution < 1.29 is 126 Å². The summed E-state index contributed by atoms with van der Waals surface area (Å²) in [5.74, 6) is -4.79. The second kappa shape index (κ2) is 31.1. The SMILES string of the molecule is CC(C)C(O)C(C)(C)C(=O)Nc1ccc(C(F)(F)F)cc1.CC(C)C(OC(F)F)C(C)(C)C(=O)Nc1ccc(C(F)(F)F)cc1.CC(C)C(OC=O)C(C)(C)C(=O)Nc1ccc(C(F)(F)F)cc1.FC(F)Cl.[Na+].[OH-]. The van der Waals surface area contributed by atoms with Gasteiger partial charge in [-0.05, 0) is 132 Å². The van der Waals surface area contributed by atoms with Crippen molar-refractivity contribution >= 4 is 52.9 Å². The van der Waals surface area contributed by atoms with Crippen LogP contribution in [0.3, 0.4) is 0 Å². The van der Waals surface area contributed by atoms with Gasteiger partial charge in [0.25, 0.3) is 6.47 Å². The molecule has 3 amide bonds. The zero-order valence-corrected chi connectivity index (χ0v) is 45.5. The molecule has 0 aliphatic heterocycles. The van der Waals surface area contributed by atoms with E-state index in [0.29, 0.717) is 0 Å². The minimum atomic E-state index is -4.48. The third kappa shape index (κ3) is 24.6. The van der Waals surface area contributed by atoms with Crippen LogP contribution in [0.15, 0.2) is 72.8 Å². The number of nitrogens with one attached hydrogen (secondary N) is 3. The molecular weight excluding hydrogens is 1050 g/mol. The van der Waals surface area contributed by atoms with E-state index in [1.54, 1.807) is 69.2 Å². The van der Waals surface area contributed by atoms with Crippen LogP contribution < -0.4 is 45.5 Å². The second-order valence-corrected chi connectivity index (χ2v) is 19.0. The van der Waals surface area contributed by atoms with Crippen LogP contribution in [-0.4, -0.2) is 65.6 Å². The molecule has 5 N–H and O–H groups in total. The van der Waals surface area contributed by atoms with E-state index < -0.39 is 100.0 Å². The van der Waals surface area contributed by atoms with E-state index >= 15 is 0 Å². The minimum absolute atomic E-state index is 0. The van der Waals surface area contributed by atoms with Crippen LogP contribution in [0.1, 0.15) is 99.8 Å². The zero-order valence-electron chi connectivity index (χ0n) is 42.8. The van der Waals surface area contributed by atoms with Crippen LogP contribution in [0.2, 0.25) is 0 Å². The van der Waals surface area contributed by atoms with Crippen LogP contribution >= 0.6 is 11.6 Å². The van der Waals surface area contributed by atoms with Crippen molar-refractivity contribution in [1.82, 2.24) is 0 Å². The summed E-state index contributed by atoms with van der Waals surface area (Å²) in [6.07, 6.45) is -15.9. The molecule has 0 aliphatic rings. The molecule has 0 radical (unpaired) electrons. The van der Waals surface area contributed by atoms with Gasteiger partial charge in [0.1, 0.15) is 6.10 Å². The van der Waals surface area contributed by atoms with Gasteiger partial charge in [-0.3, -0.25) is 19.2 Å². The average Bonchev–Trinajstić information content (AvgIpc) is 3.23. The summed E-state index contributed by atoms with van der Waals surface area (Å²) in [6, 6.07) is 12.2. The number of halogens is 14. The van der Waals surface area contributed by atoms with Crippen molar-refractivity contribution in [2.24, 2.45) is 34.0 Å². The molecule has 0 saturated heterocycles. The molecular formula is C48H62ClF13N3NaO8. The molecule has 3 unspecified atom stereocenters. The first-order chi connectivity index (χ1) is 32.5. The number of aliphatic hydroxyl groups is 1. The first-order valence-electron chi connectivity index (χ1n) is 21.6. The molecule has 416 valence electrons. The van der Waals surface area contributed by atoms with E-state index in [1.165, 1.54) is 38.1 Å². The molecule has 0 aromatic heterocycles. The van der Waals surface area contributed by atoms with Gasteiger partial charge in [0.15, 0.2) is 0 Å². The Labute approximate surface area is 448 Å². The fourth-order valence-corrected chi connectivity index (χ4v) is 6.82. The third-order valence-electron chi connectivity index (χ3n) is 10.6. The maximum Gasteiger partial charge on any atom is 1.00 e. The minimum Gasteiger partial charge on any atom is -0.870 e. The topological polar surface area (TPSA) is 173 Å². The van der Waals surface area contributed by atoms with E-state index in [-0.39, 0.29) is 76.3 Å². The number of alkyl halides is 14. The molecule has 3 rings (SSSR count). The summed E-state index contributed by atoms with van der Waals surface area (Å²) in [6.45, 7) is 17.0. The van der Waals surface area contributed by atoms with Gasteiger partial charge in [-0.1, -0.05) is 53.1 Å². The summed E-state index contributed by atoms with van der Waals surface area (Å²) >= 11 is 3.94. The molecule has 3 atom stereocenters. The average molecular weight is 1110 g/mol. The Bertz CT molecular complexity index is 2140. The Hall–Kier alpha value is -4.20. The Morgan fingerprint density at radius 2 is 0.757 bits per heavy atom. The van der Waals surface area contributed by atoms with E-state index in [9.17, 15) is 81.4 Å². The largest absolute Gasteiger partial charge is 1.00 e. The van der Waals surface area contributed by atoms with Crippen molar-refractivity contribution in [3.63, 3.8) is 0 Å². The zero-order chi connectivity index (χ0) is 56.5. The molecule has 0 saturated carbocycles. The molecule has 0 aliphatic carbocycles. The Morgan fingerprint density at radius 3 is 0.959 bits per heavy atom. The maximum atomic E-state index is 12.6. The number of carbonyl (C=O) groups excluding carboxylic acids is 4. The van der Waals surface area contributed by atoms with E-state index in [2.05, 4.69) is 32.3 Å². The number of hydrogen-bond acceptors (Lipinski definition) is 8. The number of amides is 3. The summed E-state index contributed by atoms with van der Waals surface area (Å²) in [5, 5.41) is 17.6. The Kier molecular flexibility index (Phi) is 31.1. The van der Waals surface area contributed by atoms with Crippen molar-refractivity contribution in [3.05, 3.63) is 89.5 Å². The van der Waals surface area contributed by atoms with Gasteiger partial charge < -0.3 is 36.0 Å². The van der Waals surface area contributed by atoms with Crippen LogP contribution in [0.25, 0.3) is 0 Å². The number of aliphatic hydroxyl groups excluding tert-OH is 1. The number of hydrogen-bond donors (Lipinski definition) is 4. The molecule has 26 heteroatoms. The molecule has 74 heavy (non-hydrogen) atoms. The number of ether oxygens (including phenoxy) is 2. The number of carbonyl (C=O) groups is 4. The van der Waals surface area contributed by atoms with Crippen molar-refractivity contribution in [1.29, 1.82) is 0 Å². The molecule has 0 spiro atoms. The smallest absolute Gasteiger partial charge is 0.870 e. The van der Waals surface area contributed by atoms with Crippen LogP contribution in [0.5, 0.6) is 0 Å². The number of benzene rings is 3. The maximum absolute atomic E-state index is 12.6. The van der Waals surface area contributed by atoms with Crippen LogP contribution in [-0.2, 0) is 47.2 Å². The van der Waals surface area contributed by atoms with E-state index in [1.807, 2.05) is 0 Å². The van der Waals surface area contributed by atoms with Crippen LogP contribution in [0, 0.1) is 34.0 Å². The van der Waals surface area contributed by atoms with Gasteiger partial charge in [-0.15, -0.1) is 0 Å². The summed E-state index contributed by atoms with van der Waals surface area (Å²) < 4.78 is 167. The van der Waals surface area contributed by atoms with Crippen LogP contribution in [0.4, 0.5) is 74.1 Å². The number of anilines is 3. The van der Waals surface area contributed by atoms with E-state index in [4.69, 9.17) is 4.74 Å². The van der Waals surface area contributed by atoms with Crippen molar-refractivity contribution in [3.8, 4) is 0 Å². The molecule has 3 aromatic rings. The van der Waals surface area contributed by atoms with Gasteiger partial charge in [0.2, 0.25) is 17.7 Å². The van der Waals surface area contributed by atoms with Gasteiger partial charge in [0, 0.05) is 17.1 Å². The second-order valence-electron chi connectivity index (χ2n) is 18.6. The monoisotopic (exact) mass is 1110 g/mol. The summed E-state index contributed by atoms with van der Waals surface area (Å²) in [5.41, 5.74) is -5.17. The fraction of sp³-hybridized carbons (Fsp3) is 0.542. The summed E-state index contributed by atoms with van der Waals surface area (Å²) in [4.78, 5) is 47.6. The Morgan fingerprint density at radius 1 is 0.514 bits per heavy atom. The normalized spacial score (nSPS) is 13.3. The molecule has 0 bridgehead atoms. The fourth-order valence-electron chi connectivity index (χ4n) is 6.82. The molecule has 0 fully saturated rings. The van der Waals surface area contributed by atoms with Gasteiger partial charge in [-0.25, -0.2) is 0 Å². The number of rotatable bonds is 16. The summed E-state index contributed by atoms with van der Waals surface area (Å²) in [7, 11) is 0. The van der Waals surface area contributed by atoms with Crippen molar-refractivity contribution in [2.45, 2.75) is 132 Å². The van der Waals surface area contributed by atoms with Gasteiger partial charge in [-0.2, -0.15) is 57.1 Å². The van der Waals surface area contributed by atoms with Gasteiger partial charge in [0.05, 0.1) is 45.1 Å². The first-order valence-corrected chi connectivity index (χ1v) is 22.1. The molecule has 0 heterocycles. The standard InChI is InChI=1S/C16H20F5NO2.C16H20F3NO3.C15H20F3NO2.CHClF2.Na.H2O/c1-9(2)12(24-14(17)18)15(3,4)13(23)22-11-7-5-10(6-8-11)16(19,20)21;1-10(2)13(23-9-21)15(3,4)14(22)20-12-7-5-11(6-8-12)16(17,18)19;1-9(2)12(20)14(3,4)13(21)19-11-7-5-10(6-8-11)15(16,17)18;2-1(3)4;;/h5-9,12,14H,1-4H3,(H,22,23);5-10,13H,1-4H3,(H,20,22);5-9,12,20H,1-4H3,(H,19,21);1H;;1H2/q;;;;+1;/p-1. The quantitative estimate of drug-likeness (QED) is 0.0475. The molecule has 11 nitrogen and oxygen atoms in total. The predicted molar refractivity (Wildman–Crippen MR) is 248 cm³/mol. The van der Waals surface area contributed by atoms with Crippen molar-refractivity contribution in [2.75, 3.05) is 16.0 Å². The van der Waals surface area contributed by atoms with E-state index in [0.717, 1.165) is 48.5 Å². The Balaban J connectivity index is -0.000000973. The predicted octanol–water partition coefficient (Wildman–Crippen LogP) is 10.8.